The summed E-state index contributed by atoms with van der Waals surface area (Å²) in [6.07, 6.45) is -2.03. The zero-order valence-corrected chi connectivity index (χ0v) is 16.2. The van der Waals surface area contributed by atoms with Gasteiger partial charge in [-0.2, -0.15) is 13.2 Å². The number of halogens is 3. The van der Waals surface area contributed by atoms with Crippen LogP contribution in [-0.2, 0) is 6.18 Å². The molecule has 7 heteroatoms. The molecular formula is C22H24F3N3O. The quantitative estimate of drug-likeness (QED) is 0.766. The molecule has 2 heterocycles. The van der Waals surface area contributed by atoms with Crippen LogP contribution in [0.25, 0.3) is 0 Å². The number of carbonyl (C=O) groups is 1. The van der Waals surface area contributed by atoms with Gasteiger partial charge in [0.1, 0.15) is 0 Å². The van der Waals surface area contributed by atoms with E-state index in [4.69, 9.17) is 0 Å². The van der Waals surface area contributed by atoms with Crippen LogP contribution in [-0.4, -0.2) is 50.1 Å². The molecule has 2 aliphatic rings. The van der Waals surface area contributed by atoms with Gasteiger partial charge in [-0.1, -0.05) is 12.1 Å². The second-order valence-electron chi connectivity index (χ2n) is 7.54. The third-order valence-electron chi connectivity index (χ3n) is 5.71. The van der Waals surface area contributed by atoms with E-state index in [1.54, 1.807) is 0 Å². The van der Waals surface area contributed by atoms with Crippen molar-refractivity contribution in [3.8, 4) is 0 Å². The van der Waals surface area contributed by atoms with Crippen molar-refractivity contribution in [3.05, 3.63) is 59.7 Å². The van der Waals surface area contributed by atoms with Crippen molar-refractivity contribution in [1.82, 2.24) is 4.90 Å². The van der Waals surface area contributed by atoms with Crippen molar-refractivity contribution < 1.29 is 18.0 Å². The number of benzene rings is 2. The Kier molecular flexibility index (Phi) is 5.39. The predicted molar refractivity (Wildman–Crippen MR) is 107 cm³/mol. The summed E-state index contributed by atoms with van der Waals surface area (Å²) in [6.45, 7) is 4.26. The highest BCUT2D eigenvalue weighted by molar-refractivity contribution is 6.00. The fourth-order valence-electron chi connectivity index (χ4n) is 4.09. The van der Waals surface area contributed by atoms with Gasteiger partial charge in [0.15, 0.2) is 0 Å². The summed E-state index contributed by atoms with van der Waals surface area (Å²) in [5.41, 5.74) is 1.84. The molecule has 1 amide bonds. The highest BCUT2D eigenvalue weighted by atomic mass is 19.4. The van der Waals surface area contributed by atoms with Crippen LogP contribution < -0.4 is 9.80 Å². The van der Waals surface area contributed by atoms with Crippen molar-refractivity contribution in [2.24, 2.45) is 0 Å². The van der Waals surface area contributed by atoms with Crippen molar-refractivity contribution in [3.63, 3.8) is 0 Å². The Labute approximate surface area is 168 Å². The third-order valence-corrected chi connectivity index (χ3v) is 5.71. The summed E-state index contributed by atoms with van der Waals surface area (Å²) in [4.78, 5) is 19.3. The average molecular weight is 403 g/mol. The molecule has 154 valence electrons. The van der Waals surface area contributed by atoms with Gasteiger partial charge in [-0.05, 0) is 49.2 Å². The van der Waals surface area contributed by atoms with Crippen LogP contribution in [0.4, 0.5) is 24.5 Å². The van der Waals surface area contributed by atoms with E-state index in [9.17, 15) is 18.0 Å². The molecule has 0 N–H and O–H groups in total. The largest absolute Gasteiger partial charge is 0.416 e. The van der Waals surface area contributed by atoms with E-state index in [2.05, 4.69) is 4.90 Å². The molecule has 2 aromatic carbocycles. The normalized spacial score (nSPS) is 17.7. The lowest BCUT2D eigenvalue weighted by molar-refractivity contribution is -0.137. The lowest BCUT2D eigenvalue weighted by Crippen LogP contribution is -2.49. The molecule has 0 bridgehead atoms. The first-order chi connectivity index (χ1) is 13.9. The van der Waals surface area contributed by atoms with E-state index in [0.717, 1.165) is 55.0 Å². The molecule has 0 spiro atoms. The molecule has 2 saturated heterocycles. The van der Waals surface area contributed by atoms with Crippen LogP contribution in [0.2, 0.25) is 0 Å². The van der Waals surface area contributed by atoms with Gasteiger partial charge in [0.2, 0.25) is 0 Å². The SMILES string of the molecule is O=C(c1ccccc1N1CCCC1)N1CCN(c2ccc(C(F)(F)F)cc2)CC1. The highest BCUT2D eigenvalue weighted by Gasteiger charge is 2.31. The second-order valence-corrected chi connectivity index (χ2v) is 7.54. The molecule has 2 aromatic rings. The zero-order chi connectivity index (χ0) is 20.4. The second kappa shape index (κ2) is 7.97. The maximum absolute atomic E-state index is 13.1. The Morgan fingerprint density at radius 3 is 2.00 bits per heavy atom. The van der Waals surface area contributed by atoms with Gasteiger partial charge in [-0.15, -0.1) is 0 Å². The molecular weight excluding hydrogens is 379 g/mol. The molecule has 0 radical (unpaired) electrons. The van der Waals surface area contributed by atoms with E-state index in [0.29, 0.717) is 26.2 Å². The van der Waals surface area contributed by atoms with Gasteiger partial charge in [-0.3, -0.25) is 4.79 Å². The van der Waals surface area contributed by atoms with Crippen molar-refractivity contribution in [2.75, 3.05) is 49.1 Å². The molecule has 4 nitrogen and oxygen atoms in total. The van der Waals surface area contributed by atoms with Crippen LogP contribution in [0.1, 0.15) is 28.8 Å². The zero-order valence-electron chi connectivity index (χ0n) is 16.2. The number of hydrogen-bond donors (Lipinski definition) is 0. The third kappa shape index (κ3) is 4.18. The van der Waals surface area contributed by atoms with Crippen molar-refractivity contribution in [1.29, 1.82) is 0 Å². The minimum Gasteiger partial charge on any atom is -0.371 e. The standard InChI is InChI=1S/C22H24F3N3O/c23-22(24,25)17-7-9-18(10-8-17)26-13-15-28(16-14-26)21(29)19-5-1-2-6-20(19)27-11-3-4-12-27/h1-2,5-10H,3-4,11-16H2. The number of nitrogens with zero attached hydrogens (tertiary/aromatic N) is 3. The maximum Gasteiger partial charge on any atom is 0.416 e. The van der Waals surface area contributed by atoms with Gasteiger partial charge in [0.05, 0.1) is 11.1 Å². The fourth-order valence-corrected chi connectivity index (χ4v) is 4.09. The van der Waals surface area contributed by atoms with Gasteiger partial charge in [0, 0.05) is 50.6 Å². The topological polar surface area (TPSA) is 26.8 Å². The Morgan fingerprint density at radius 2 is 1.38 bits per heavy atom. The number of rotatable bonds is 3. The van der Waals surface area contributed by atoms with E-state index in [-0.39, 0.29) is 5.91 Å². The molecule has 4 rings (SSSR count). The number of carbonyl (C=O) groups excluding carboxylic acids is 1. The molecule has 2 aliphatic heterocycles. The number of amides is 1. The first-order valence-electron chi connectivity index (χ1n) is 9.99. The number of alkyl halides is 3. The fraction of sp³-hybridized carbons (Fsp3) is 0.409. The minimum atomic E-state index is -4.33. The van der Waals surface area contributed by atoms with E-state index in [1.165, 1.54) is 12.1 Å². The van der Waals surface area contributed by atoms with Gasteiger partial charge in [0.25, 0.3) is 5.91 Å². The van der Waals surface area contributed by atoms with E-state index < -0.39 is 11.7 Å². The predicted octanol–water partition coefficient (Wildman–Crippen LogP) is 4.27. The molecule has 0 aliphatic carbocycles. The Bertz CT molecular complexity index is 852. The Balaban J connectivity index is 1.42. The highest BCUT2D eigenvalue weighted by Crippen LogP contribution is 2.31. The maximum atomic E-state index is 13.1. The summed E-state index contributed by atoms with van der Waals surface area (Å²) in [7, 11) is 0. The van der Waals surface area contributed by atoms with Crippen molar-refractivity contribution in [2.45, 2.75) is 19.0 Å². The molecule has 0 atom stereocenters. The molecule has 29 heavy (non-hydrogen) atoms. The summed E-state index contributed by atoms with van der Waals surface area (Å²) in [6, 6.07) is 13.0. The van der Waals surface area contributed by atoms with Crippen molar-refractivity contribution >= 4 is 17.3 Å². The Morgan fingerprint density at radius 1 is 0.759 bits per heavy atom. The summed E-state index contributed by atoms with van der Waals surface area (Å²) in [5, 5.41) is 0. The van der Waals surface area contributed by atoms with Crippen LogP contribution in [0.3, 0.4) is 0 Å². The molecule has 0 saturated carbocycles. The van der Waals surface area contributed by atoms with Gasteiger partial charge in [-0.25, -0.2) is 0 Å². The number of hydrogen-bond acceptors (Lipinski definition) is 3. The lowest BCUT2D eigenvalue weighted by atomic mass is 10.1. The number of para-hydroxylation sites is 1. The van der Waals surface area contributed by atoms with Crippen LogP contribution >= 0.6 is 0 Å². The van der Waals surface area contributed by atoms with E-state index in [1.807, 2.05) is 34.1 Å². The van der Waals surface area contributed by atoms with Gasteiger partial charge < -0.3 is 14.7 Å². The average Bonchev–Trinajstić information content (AvgIpc) is 3.28. The van der Waals surface area contributed by atoms with Crippen LogP contribution in [0.15, 0.2) is 48.5 Å². The smallest absolute Gasteiger partial charge is 0.371 e. The molecule has 0 aromatic heterocycles. The number of anilines is 2. The monoisotopic (exact) mass is 403 g/mol. The minimum absolute atomic E-state index is 0.0274. The first kappa shape index (κ1) is 19.6. The van der Waals surface area contributed by atoms with E-state index >= 15 is 0 Å². The Hall–Kier alpha value is -2.70. The molecule has 2 fully saturated rings. The van der Waals surface area contributed by atoms with Crippen LogP contribution in [0.5, 0.6) is 0 Å². The lowest BCUT2D eigenvalue weighted by Gasteiger charge is -2.36. The number of piperazine rings is 1. The van der Waals surface area contributed by atoms with Gasteiger partial charge >= 0.3 is 6.18 Å². The summed E-state index contributed by atoms with van der Waals surface area (Å²) >= 11 is 0. The summed E-state index contributed by atoms with van der Waals surface area (Å²) < 4.78 is 38.2. The summed E-state index contributed by atoms with van der Waals surface area (Å²) in [5.74, 6) is 0.0274. The molecule has 0 unspecified atom stereocenters. The first-order valence-corrected chi connectivity index (χ1v) is 9.99. The van der Waals surface area contributed by atoms with Crippen LogP contribution in [0, 0.1) is 0 Å².